The standard InChI is InChI=1S/C18H35ClF3N/c1-3-5-7-9-11-13-15-23(18(21,22)17(19)20)16-14-12-10-8-6-4-2/h17H,3-16H2,1-2H3. The van der Waals surface area contributed by atoms with Crippen molar-refractivity contribution in [3.63, 3.8) is 0 Å². The van der Waals surface area contributed by atoms with Gasteiger partial charge >= 0.3 is 6.05 Å². The van der Waals surface area contributed by atoms with Crippen LogP contribution in [-0.2, 0) is 0 Å². The van der Waals surface area contributed by atoms with E-state index in [0.29, 0.717) is 12.8 Å². The monoisotopic (exact) mass is 357 g/mol. The molecule has 23 heavy (non-hydrogen) atoms. The number of rotatable bonds is 16. The Bertz CT molecular complexity index is 247. The fraction of sp³-hybridized carbons (Fsp3) is 1.00. The van der Waals surface area contributed by atoms with Gasteiger partial charge in [0.25, 0.3) is 5.63 Å². The van der Waals surface area contributed by atoms with Crippen molar-refractivity contribution in [1.29, 1.82) is 0 Å². The van der Waals surface area contributed by atoms with Crippen molar-refractivity contribution in [2.45, 2.75) is 103 Å². The molecule has 140 valence electrons. The number of nitrogens with zero attached hydrogens (tertiary/aromatic N) is 1. The molecule has 0 saturated carbocycles. The van der Waals surface area contributed by atoms with Gasteiger partial charge in [-0.15, -0.1) is 0 Å². The molecule has 0 aromatic carbocycles. The van der Waals surface area contributed by atoms with Crippen LogP contribution in [0.4, 0.5) is 13.2 Å². The first-order valence-electron chi connectivity index (χ1n) is 9.37. The smallest absolute Gasteiger partial charge is 0.241 e. The van der Waals surface area contributed by atoms with E-state index < -0.39 is 11.7 Å². The van der Waals surface area contributed by atoms with E-state index in [1.807, 2.05) is 0 Å². The van der Waals surface area contributed by atoms with Gasteiger partial charge in [-0.1, -0.05) is 89.7 Å². The van der Waals surface area contributed by atoms with Gasteiger partial charge in [0, 0.05) is 13.1 Å². The van der Waals surface area contributed by atoms with Crippen molar-refractivity contribution in [3.8, 4) is 0 Å². The zero-order valence-corrected chi connectivity index (χ0v) is 15.7. The Labute approximate surface area is 146 Å². The van der Waals surface area contributed by atoms with E-state index in [9.17, 15) is 13.2 Å². The van der Waals surface area contributed by atoms with Gasteiger partial charge in [-0.3, -0.25) is 0 Å². The summed E-state index contributed by atoms with van der Waals surface area (Å²) < 4.78 is 40.8. The van der Waals surface area contributed by atoms with Gasteiger partial charge < -0.3 is 0 Å². The summed E-state index contributed by atoms with van der Waals surface area (Å²) in [5.41, 5.74) is -2.64. The van der Waals surface area contributed by atoms with Crippen LogP contribution in [0.15, 0.2) is 0 Å². The number of hydrogen-bond donors (Lipinski definition) is 0. The predicted molar refractivity (Wildman–Crippen MR) is 94.0 cm³/mol. The molecule has 0 radical (unpaired) electrons. The van der Waals surface area contributed by atoms with Gasteiger partial charge in [-0.25, -0.2) is 9.29 Å². The second kappa shape index (κ2) is 14.4. The highest BCUT2D eigenvalue weighted by Crippen LogP contribution is 2.30. The minimum Gasteiger partial charge on any atom is -0.241 e. The Kier molecular flexibility index (Phi) is 14.4. The highest BCUT2D eigenvalue weighted by molar-refractivity contribution is 6.20. The van der Waals surface area contributed by atoms with E-state index in [2.05, 4.69) is 13.8 Å². The molecule has 0 N–H and O–H groups in total. The van der Waals surface area contributed by atoms with E-state index >= 15 is 0 Å². The summed E-state index contributed by atoms with van der Waals surface area (Å²) in [5.74, 6) is 0. The number of alkyl halides is 4. The molecule has 0 rings (SSSR count). The van der Waals surface area contributed by atoms with Gasteiger partial charge in [-0.05, 0) is 12.8 Å². The Morgan fingerprint density at radius 2 is 1.09 bits per heavy atom. The normalized spacial score (nSPS) is 13.7. The SMILES string of the molecule is CCCCCCCCN(CCCCCCCC)C(F)(F)C(F)Cl. The molecule has 0 aromatic heterocycles. The minimum atomic E-state index is -3.56. The summed E-state index contributed by atoms with van der Waals surface area (Å²) in [6, 6.07) is -3.56. The highest BCUT2D eigenvalue weighted by atomic mass is 35.5. The van der Waals surface area contributed by atoms with Gasteiger partial charge in [0.1, 0.15) is 0 Å². The molecule has 0 aliphatic heterocycles. The van der Waals surface area contributed by atoms with Crippen molar-refractivity contribution in [2.24, 2.45) is 0 Å². The summed E-state index contributed by atoms with van der Waals surface area (Å²) in [4.78, 5) is 0.949. The van der Waals surface area contributed by atoms with Crippen molar-refractivity contribution >= 4 is 11.6 Å². The molecule has 0 aromatic rings. The second-order valence-corrected chi connectivity index (χ2v) is 6.79. The third-order valence-electron chi connectivity index (χ3n) is 4.25. The van der Waals surface area contributed by atoms with Crippen molar-refractivity contribution in [2.75, 3.05) is 13.1 Å². The number of unbranched alkanes of at least 4 members (excludes halogenated alkanes) is 10. The lowest BCUT2D eigenvalue weighted by molar-refractivity contribution is -0.171. The molecule has 0 fully saturated rings. The summed E-state index contributed by atoms with van der Waals surface area (Å²) in [7, 11) is 0. The maximum atomic E-state index is 13.9. The number of hydrogen-bond acceptors (Lipinski definition) is 1. The maximum absolute atomic E-state index is 13.9. The van der Waals surface area contributed by atoms with E-state index in [0.717, 1.165) is 56.3 Å². The second-order valence-electron chi connectivity index (χ2n) is 6.41. The average Bonchev–Trinajstić information content (AvgIpc) is 2.51. The van der Waals surface area contributed by atoms with Gasteiger partial charge in [0.2, 0.25) is 0 Å². The fourth-order valence-corrected chi connectivity index (χ4v) is 2.85. The Hall–Kier alpha value is 0.0400. The average molecular weight is 358 g/mol. The fourth-order valence-electron chi connectivity index (χ4n) is 2.71. The van der Waals surface area contributed by atoms with Crippen molar-refractivity contribution in [1.82, 2.24) is 4.90 Å². The lowest BCUT2D eigenvalue weighted by atomic mass is 10.1. The Balaban J connectivity index is 4.10. The van der Waals surface area contributed by atoms with Gasteiger partial charge in [-0.2, -0.15) is 8.78 Å². The highest BCUT2D eigenvalue weighted by Gasteiger charge is 2.44. The number of halogens is 4. The first kappa shape index (κ1) is 23.0. The van der Waals surface area contributed by atoms with Crippen LogP contribution in [0.3, 0.4) is 0 Å². The summed E-state index contributed by atoms with van der Waals surface area (Å²) in [6.07, 6.45) is 12.3. The molecule has 1 atom stereocenters. The van der Waals surface area contributed by atoms with Crippen LogP contribution in [0, 0.1) is 0 Å². The molecule has 5 heteroatoms. The molecule has 0 amide bonds. The van der Waals surface area contributed by atoms with Crippen LogP contribution in [0.2, 0.25) is 0 Å². The van der Waals surface area contributed by atoms with Crippen LogP contribution < -0.4 is 0 Å². The maximum Gasteiger partial charge on any atom is 0.349 e. The molecule has 0 heterocycles. The van der Waals surface area contributed by atoms with Crippen LogP contribution >= 0.6 is 11.6 Å². The third-order valence-corrected chi connectivity index (χ3v) is 4.51. The van der Waals surface area contributed by atoms with E-state index in [1.165, 1.54) is 12.8 Å². The molecule has 0 saturated heterocycles. The molecule has 1 nitrogen and oxygen atoms in total. The molecule has 0 spiro atoms. The predicted octanol–water partition coefficient (Wildman–Crippen LogP) is 7.14. The minimum absolute atomic E-state index is 0.223. The summed E-state index contributed by atoms with van der Waals surface area (Å²) in [5, 5.41) is 0. The zero-order chi connectivity index (χ0) is 17.6. The van der Waals surface area contributed by atoms with Crippen molar-refractivity contribution in [3.05, 3.63) is 0 Å². The quantitative estimate of drug-likeness (QED) is 0.161. The Morgan fingerprint density at radius 3 is 1.43 bits per heavy atom. The first-order chi connectivity index (χ1) is 11.0. The lowest BCUT2D eigenvalue weighted by Gasteiger charge is -2.31. The van der Waals surface area contributed by atoms with Crippen LogP contribution in [0.25, 0.3) is 0 Å². The third kappa shape index (κ3) is 11.3. The van der Waals surface area contributed by atoms with E-state index in [1.54, 1.807) is 0 Å². The Morgan fingerprint density at radius 1 is 0.739 bits per heavy atom. The van der Waals surface area contributed by atoms with Crippen LogP contribution in [-0.4, -0.2) is 29.7 Å². The zero-order valence-electron chi connectivity index (χ0n) is 14.9. The first-order valence-corrected chi connectivity index (χ1v) is 9.81. The van der Waals surface area contributed by atoms with Gasteiger partial charge in [0.15, 0.2) is 0 Å². The largest absolute Gasteiger partial charge is 0.349 e. The lowest BCUT2D eigenvalue weighted by Crippen LogP contribution is -2.47. The summed E-state index contributed by atoms with van der Waals surface area (Å²) >= 11 is 5.07. The molecule has 1 unspecified atom stereocenters. The van der Waals surface area contributed by atoms with E-state index in [-0.39, 0.29) is 13.1 Å². The molecular weight excluding hydrogens is 323 g/mol. The topological polar surface area (TPSA) is 3.24 Å². The molecule has 0 aliphatic rings. The van der Waals surface area contributed by atoms with Gasteiger partial charge in [0.05, 0.1) is 0 Å². The summed E-state index contributed by atoms with van der Waals surface area (Å²) in [6.45, 7) is 4.73. The van der Waals surface area contributed by atoms with E-state index in [4.69, 9.17) is 11.6 Å². The van der Waals surface area contributed by atoms with Crippen molar-refractivity contribution < 1.29 is 13.2 Å². The molecule has 0 aliphatic carbocycles. The molecule has 0 bridgehead atoms. The van der Waals surface area contributed by atoms with Crippen LogP contribution in [0.1, 0.15) is 90.9 Å². The van der Waals surface area contributed by atoms with Crippen LogP contribution in [0.5, 0.6) is 0 Å². The molecular formula is C18H35ClF3N.